The lowest BCUT2D eigenvalue weighted by Crippen LogP contribution is -2.25. The number of hydrogen-bond acceptors (Lipinski definition) is 3. The van der Waals surface area contributed by atoms with Crippen LogP contribution in [0.2, 0.25) is 0 Å². The number of aryl methyl sites for hydroxylation is 1. The van der Waals surface area contributed by atoms with Crippen molar-refractivity contribution in [3.05, 3.63) is 23.8 Å². The maximum atomic E-state index is 12.1. The molecule has 0 bridgehead atoms. The van der Waals surface area contributed by atoms with Gasteiger partial charge in [-0.25, -0.2) is 8.42 Å². The predicted molar refractivity (Wildman–Crippen MR) is 70.4 cm³/mol. The molecule has 0 spiro atoms. The molecule has 0 unspecified atom stereocenters. The van der Waals surface area contributed by atoms with E-state index in [1.54, 1.807) is 12.1 Å². The van der Waals surface area contributed by atoms with Crippen LogP contribution < -0.4 is 10.5 Å². The van der Waals surface area contributed by atoms with Gasteiger partial charge in [-0.3, -0.25) is 4.72 Å². The monoisotopic (exact) mass is 254 g/mol. The highest BCUT2D eigenvalue weighted by atomic mass is 32.2. The van der Waals surface area contributed by atoms with Gasteiger partial charge < -0.3 is 5.73 Å². The fraction of sp³-hybridized carbons (Fsp3) is 0.500. The first kappa shape index (κ1) is 12.2. The van der Waals surface area contributed by atoms with Crippen LogP contribution in [0, 0.1) is 6.92 Å². The highest BCUT2D eigenvalue weighted by molar-refractivity contribution is 7.93. The summed E-state index contributed by atoms with van der Waals surface area (Å²) in [6.45, 7) is 1.91. The molecule has 5 heteroatoms. The van der Waals surface area contributed by atoms with E-state index in [4.69, 9.17) is 5.73 Å². The number of hydrogen-bond donors (Lipinski definition) is 2. The van der Waals surface area contributed by atoms with Gasteiger partial charge in [0.2, 0.25) is 10.0 Å². The Kier molecular flexibility index (Phi) is 3.28. The van der Waals surface area contributed by atoms with Crippen molar-refractivity contribution in [1.82, 2.24) is 0 Å². The minimum Gasteiger partial charge on any atom is -0.397 e. The van der Waals surface area contributed by atoms with E-state index in [1.807, 2.05) is 13.0 Å². The zero-order valence-electron chi connectivity index (χ0n) is 9.94. The molecule has 3 N–H and O–H groups in total. The number of benzene rings is 1. The summed E-state index contributed by atoms with van der Waals surface area (Å²) in [4.78, 5) is 0. The Labute approximate surface area is 102 Å². The minimum absolute atomic E-state index is 0.262. The quantitative estimate of drug-likeness (QED) is 0.813. The zero-order valence-corrected chi connectivity index (χ0v) is 10.8. The fourth-order valence-corrected chi connectivity index (χ4v) is 3.80. The largest absolute Gasteiger partial charge is 0.397 e. The molecule has 0 aliphatic heterocycles. The number of anilines is 2. The van der Waals surface area contributed by atoms with Gasteiger partial charge in [0.25, 0.3) is 0 Å². The summed E-state index contributed by atoms with van der Waals surface area (Å²) in [5, 5.41) is -0.262. The van der Waals surface area contributed by atoms with Gasteiger partial charge in [0.05, 0.1) is 16.6 Å². The standard InChI is InChI=1S/C12H18N2O2S/c1-9-6-7-11(13)12(8-9)14-17(15,16)10-4-2-3-5-10/h6-8,10,14H,2-5,13H2,1H3. The van der Waals surface area contributed by atoms with Crippen molar-refractivity contribution in [3.8, 4) is 0 Å². The number of sulfonamides is 1. The van der Waals surface area contributed by atoms with Crippen LogP contribution in [0.1, 0.15) is 31.2 Å². The molecule has 0 radical (unpaired) electrons. The van der Waals surface area contributed by atoms with Crippen molar-refractivity contribution in [3.63, 3.8) is 0 Å². The Bertz CT molecular complexity index is 505. The molecule has 17 heavy (non-hydrogen) atoms. The smallest absolute Gasteiger partial charge is 0.235 e. The van der Waals surface area contributed by atoms with Crippen LogP contribution >= 0.6 is 0 Å². The lowest BCUT2D eigenvalue weighted by atomic mass is 10.2. The van der Waals surface area contributed by atoms with Crippen molar-refractivity contribution in [2.45, 2.75) is 37.9 Å². The molecular weight excluding hydrogens is 236 g/mol. The summed E-state index contributed by atoms with van der Waals surface area (Å²) in [5.41, 5.74) is 7.72. The van der Waals surface area contributed by atoms with Gasteiger partial charge in [-0.15, -0.1) is 0 Å². The molecule has 1 fully saturated rings. The Morgan fingerprint density at radius 1 is 1.29 bits per heavy atom. The summed E-state index contributed by atoms with van der Waals surface area (Å²) in [5.74, 6) is 0. The molecule has 4 nitrogen and oxygen atoms in total. The lowest BCUT2D eigenvalue weighted by molar-refractivity contribution is 0.585. The van der Waals surface area contributed by atoms with E-state index >= 15 is 0 Å². The summed E-state index contributed by atoms with van der Waals surface area (Å²) >= 11 is 0. The Morgan fingerprint density at radius 2 is 1.94 bits per heavy atom. The minimum atomic E-state index is -3.28. The van der Waals surface area contributed by atoms with E-state index < -0.39 is 10.0 Å². The van der Waals surface area contributed by atoms with Crippen LogP contribution in [0.3, 0.4) is 0 Å². The molecule has 1 aliphatic carbocycles. The second-order valence-corrected chi connectivity index (χ2v) is 6.61. The maximum absolute atomic E-state index is 12.1. The van der Waals surface area contributed by atoms with Gasteiger partial charge >= 0.3 is 0 Å². The lowest BCUT2D eigenvalue weighted by Gasteiger charge is -2.15. The van der Waals surface area contributed by atoms with Crippen LogP contribution in [0.25, 0.3) is 0 Å². The third-order valence-corrected chi connectivity index (χ3v) is 5.06. The van der Waals surface area contributed by atoms with Gasteiger partial charge in [0, 0.05) is 0 Å². The average Bonchev–Trinajstić information content (AvgIpc) is 2.77. The number of rotatable bonds is 3. The molecule has 0 saturated heterocycles. The zero-order chi connectivity index (χ0) is 12.5. The Morgan fingerprint density at radius 3 is 2.59 bits per heavy atom. The molecule has 1 aliphatic rings. The third kappa shape index (κ3) is 2.72. The molecule has 0 heterocycles. The normalized spacial score (nSPS) is 17.2. The fourth-order valence-electron chi connectivity index (χ4n) is 2.19. The number of nitrogens with two attached hydrogens (primary N) is 1. The molecular formula is C12H18N2O2S. The molecule has 2 rings (SSSR count). The number of nitrogens with one attached hydrogen (secondary N) is 1. The Balaban J connectivity index is 2.22. The Hall–Kier alpha value is -1.23. The molecule has 1 aromatic rings. The highest BCUT2D eigenvalue weighted by Crippen LogP contribution is 2.28. The van der Waals surface area contributed by atoms with Crippen LogP contribution in [0.15, 0.2) is 18.2 Å². The van der Waals surface area contributed by atoms with E-state index in [-0.39, 0.29) is 5.25 Å². The SMILES string of the molecule is Cc1ccc(N)c(NS(=O)(=O)C2CCCC2)c1. The first-order valence-corrected chi connectivity index (χ1v) is 7.41. The second kappa shape index (κ2) is 4.56. The molecule has 1 saturated carbocycles. The summed E-state index contributed by atoms with van der Waals surface area (Å²) < 4.78 is 26.8. The van der Waals surface area contributed by atoms with E-state index in [0.717, 1.165) is 31.2 Å². The van der Waals surface area contributed by atoms with E-state index in [1.165, 1.54) is 0 Å². The van der Waals surface area contributed by atoms with Gasteiger partial charge in [0.1, 0.15) is 0 Å². The molecule has 94 valence electrons. The first-order valence-electron chi connectivity index (χ1n) is 5.87. The highest BCUT2D eigenvalue weighted by Gasteiger charge is 2.28. The van der Waals surface area contributed by atoms with Crippen molar-refractivity contribution in [2.24, 2.45) is 0 Å². The molecule has 0 aromatic heterocycles. The predicted octanol–water partition coefficient (Wildman–Crippen LogP) is 2.26. The molecule has 1 aromatic carbocycles. The van der Waals surface area contributed by atoms with Gasteiger partial charge in [-0.05, 0) is 37.5 Å². The topological polar surface area (TPSA) is 72.2 Å². The van der Waals surface area contributed by atoms with Crippen LogP contribution in [0.4, 0.5) is 11.4 Å². The van der Waals surface area contributed by atoms with Crippen LogP contribution in [0.5, 0.6) is 0 Å². The van der Waals surface area contributed by atoms with Crippen LogP contribution in [-0.4, -0.2) is 13.7 Å². The van der Waals surface area contributed by atoms with Gasteiger partial charge in [0.15, 0.2) is 0 Å². The summed E-state index contributed by atoms with van der Waals surface area (Å²) in [6, 6.07) is 5.35. The van der Waals surface area contributed by atoms with E-state index in [9.17, 15) is 8.42 Å². The molecule has 0 amide bonds. The molecule has 0 atom stereocenters. The van der Waals surface area contributed by atoms with E-state index in [0.29, 0.717) is 11.4 Å². The second-order valence-electron chi connectivity index (χ2n) is 4.64. The maximum Gasteiger partial charge on any atom is 0.235 e. The number of nitrogen functional groups attached to an aromatic ring is 1. The first-order chi connectivity index (χ1) is 7.99. The van der Waals surface area contributed by atoms with Gasteiger partial charge in [-0.2, -0.15) is 0 Å². The van der Waals surface area contributed by atoms with E-state index in [2.05, 4.69) is 4.72 Å². The van der Waals surface area contributed by atoms with Crippen molar-refractivity contribution in [1.29, 1.82) is 0 Å². The average molecular weight is 254 g/mol. The summed E-state index contributed by atoms with van der Waals surface area (Å²) in [7, 11) is -3.28. The van der Waals surface area contributed by atoms with Crippen molar-refractivity contribution in [2.75, 3.05) is 10.5 Å². The third-order valence-electron chi connectivity index (χ3n) is 3.20. The van der Waals surface area contributed by atoms with Crippen molar-refractivity contribution >= 4 is 21.4 Å². The van der Waals surface area contributed by atoms with Gasteiger partial charge in [-0.1, -0.05) is 18.9 Å². The van der Waals surface area contributed by atoms with Crippen LogP contribution in [-0.2, 0) is 10.0 Å². The van der Waals surface area contributed by atoms with Crippen molar-refractivity contribution < 1.29 is 8.42 Å². The summed E-state index contributed by atoms with van der Waals surface area (Å²) in [6.07, 6.45) is 3.49.